The summed E-state index contributed by atoms with van der Waals surface area (Å²) in [5, 5.41) is 17.4. The Hall–Kier alpha value is -3.81. The Balaban J connectivity index is 1.45. The van der Waals surface area contributed by atoms with E-state index < -0.39 is 0 Å². The number of hydrogen-bond acceptors (Lipinski definition) is 7. The molecule has 0 saturated carbocycles. The van der Waals surface area contributed by atoms with Gasteiger partial charge in [0, 0.05) is 30.1 Å². The number of hydrogen-bond donors (Lipinski definition) is 2. The fourth-order valence-corrected chi connectivity index (χ4v) is 3.07. The maximum atomic E-state index is 6.06. The molecular weight excluding hydrogens is 378 g/mol. The highest BCUT2D eigenvalue weighted by molar-refractivity contribution is 5.58. The summed E-state index contributed by atoms with van der Waals surface area (Å²) in [7, 11) is 0. The van der Waals surface area contributed by atoms with Crippen LogP contribution in [0.4, 0.5) is 11.5 Å². The first kappa shape index (κ1) is 19.5. The van der Waals surface area contributed by atoms with Crippen molar-refractivity contribution >= 4 is 11.5 Å². The highest BCUT2D eigenvalue weighted by Crippen LogP contribution is 2.28. The summed E-state index contributed by atoms with van der Waals surface area (Å²) < 4.78 is 6.06. The smallest absolute Gasteiger partial charge is 0.174 e. The van der Waals surface area contributed by atoms with Gasteiger partial charge >= 0.3 is 0 Å². The van der Waals surface area contributed by atoms with Crippen molar-refractivity contribution in [1.29, 1.82) is 0 Å². The molecule has 4 aromatic rings. The highest BCUT2D eigenvalue weighted by Gasteiger charge is 2.08. The first-order valence-electron chi connectivity index (χ1n) is 9.74. The third-order valence-electron chi connectivity index (χ3n) is 4.80. The van der Waals surface area contributed by atoms with Crippen LogP contribution in [0.5, 0.6) is 11.5 Å². The van der Waals surface area contributed by atoms with Crippen molar-refractivity contribution in [2.45, 2.75) is 33.6 Å². The van der Waals surface area contributed by atoms with Gasteiger partial charge in [0.15, 0.2) is 5.82 Å². The molecule has 8 heteroatoms. The number of pyridine rings is 2. The van der Waals surface area contributed by atoms with Gasteiger partial charge in [-0.25, -0.2) is 4.98 Å². The zero-order valence-electron chi connectivity index (χ0n) is 17.2. The van der Waals surface area contributed by atoms with Gasteiger partial charge in [-0.1, -0.05) is 17.3 Å². The molecule has 152 valence electrons. The lowest BCUT2D eigenvalue weighted by Crippen LogP contribution is -1.98. The van der Waals surface area contributed by atoms with E-state index in [0.717, 1.165) is 41.2 Å². The molecule has 0 unspecified atom stereocenters. The van der Waals surface area contributed by atoms with Gasteiger partial charge < -0.3 is 10.1 Å². The van der Waals surface area contributed by atoms with Crippen molar-refractivity contribution < 1.29 is 4.74 Å². The molecule has 3 aromatic heterocycles. The molecule has 0 saturated heterocycles. The molecule has 0 fully saturated rings. The van der Waals surface area contributed by atoms with Crippen molar-refractivity contribution in [3.63, 3.8) is 0 Å². The van der Waals surface area contributed by atoms with Gasteiger partial charge in [0.1, 0.15) is 17.3 Å². The summed E-state index contributed by atoms with van der Waals surface area (Å²) in [4.78, 5) is 8.94. The summed E-state index contributed by atoms with van der Waals surface area (Å²) in [5.74, 6) is 2.86. The van der Waals surface area contributed by atoms with Crippen molar-refractivity contribution in [3.05, 3.63) is 77.0 Å². The molecule has 8 nitrogen and oxygen atoms in total. The van der Waals surface area contributed by atoms with Crippen molar-refractivity contribution in [2.24, 2.45) is 0 Å². The lowest BCUT2D eigenvalue weighted by molar-refractivity contribution is 0.474. The second kappa shape index (κ2) is 8.69. The van der Waals surface area contributed by atoms with Gasteiger partial charge in [-0.05, 0) is 62.6 Å². The molecule has 1 aromatic carbocycles. The van der Waals surface area contributed by atoms with Crippen molar-refractivity contribution in [2.75, 3.05) is 5.32 Å². The summed E-state index contributed by atoms with van der Waals surface area (Å²) in [6.45, 7) is 5.97. The van der Waals surface area contributed by atoms with Gasteiger partial charge in [-0.15, -0.1) is 10.2 Å². The highest BCUT2D eigenvalue weighted by atomic mass is 16.5. The van der Waals surface area contributed by atoms with Gasteiger partial charge in [0.2, 0.25) is 0 Å². The molecular formula is C22H23N7O. The average molecular weight is 401 g/mol. The van der Waals surface area contributed by atoms with E-state index >= 15 is 0 Å². The molecule has 0 radical (unpaired) electrons. The molecule has 4 rings (SSSR count). The summed E-state index contributed by atoms with van der Waals surface area (Å²) >= 11 is 0. The van der Waals surface area contributed by atoms with Crippen molar-refractivity contribution in [1.82, 2.24) is 30.6 Å². The van der Waals surface area contributed by atoms with Crippen LogP contribution in [0.2, 0.25) is 0 Å². The number of tetrazole rings is 1. The second-order valence-electron chi connectivity index (χ2n) is 7.11. The van der Waals surface area contributed by atoms with E-state index in [4.69, 9.17) is 4.74 Å². The van der Waals surface area contributed by atoms with Crippen LogP contribution < -0.4 is 10.1 Å². The van der Waals surface area contributed by atoms with Crippen LogP contribution in [0.3, 0.4) is 0 Å². The summed E-state index contributed by atoms with van der Waals surface area (Å²) in [5.41, 5.74) is 5.10. The minimum absolute atomic E-state index is 0.703. The number of anilines is 2. The normalized spacial score (nSPS) is 10.8. The topological polar surface area (TPSA) is 102 Å². The standard InChI is InChI=1S/C22H23N7O/c1-14-11-20(16(3)24-15(14)2)30-19-9-10-23-22(13-19)25-18-6-4-5-17(12-18)7-8-21-26-28-29-27-21/h4-6,9-13H,7-8H2,1-3H3,(H,23,25)(H,26,27,28,29). The van der Waals surface area contributed by atoms with E-state index in [0.29, 0.717) is 17.4 Å². The molecule has 0 aliphatic rings. The molecule has 0 spiro atoms. The minimum atomic E-state index is 0.703. The van der Waals surface area contributed by atoms with E-state index in [1.165, 1.54) is 5.56 Å². The number of nitrogens with one attached hydrogen (secondary N) is 2. The van der Waals surface area contributed by atoms with Crippen LogP contribution >= 0.6 is 0 Å². The van der Waals surface area contributed by atoms with Gasteiger partial charge in [-0.2, -0.15) is 5.21 Å². The molecule has 0 aliphatic carbocycles. The second-order valence-corrected chi connectivity index (χ2v) is 7.11. The van der Waals surface area contributed by atoms with Crippen LogP contribution in [-0.4, -0.2) is 30.6 Å². The fourth-order valence-electron chi connectivity index (χ4n) is 3.07. The number of H-pyrrole nitrogens is 1. The number of aryl methyl sites for hydroxylation is 5. The van der Waals surface area contributed by atoms with E-state index in [2.05, 4.69) is 48.0 Å². The van der Waals surface area contributed by atoms with Crippen LogP contribution in [0.15, 0.2) is 48.7 Å². The Morgan fingerprint density at radius 3 is 2.73 bits per heavy atom. The maximum absolute atomic E-state index is 6.06. The average Bonchev–Trinajstić information content (AvgIpc) is 3.25. The summed E-state index contributed by atoms with van der Waals surface area (Å²) in [6.07, 6.45) is 3.27. The molecule has 3 heterocycles. The third kappa shape index (κ3) is 4.78. The zero-order chi connectivity index (χ0) is 20.9. The quantitative estimate of drug-likeness (QED) is 0.478. The number of aromatic amines is 1. The number of benzene rings is 1. The Morgan fingerprint density at radius 1 is 1.00 bits per heavy atom. The Kier molecular flexibility index (Phi) is 5.65. The van der Waals surface area contributed by atoms with Crippen LogP contribution in [0.1, 0.15) is 28.3 Å². The van der Waals surface area contributed by atoms with Crippen LogP contribution in [0, 0.1) is 20.8 Å². The lowest BCUT2D eigenvalue weighted by Gasteiger charge is -2.12. The Morgan fingerprint density at radius 2 is 1.90 bits per heavy atom. The largest absolute Gasteiger partial charge is 0.455 e. The Bertz CT molecular complexity index is 1140. The Labute approximate surface area is 174 Å². The zero-order valence-corrected chi connectivity index (χ0v) is 17.2. The van der Waals surface area contributed by atoms with Crippen molar-refractivity contribution in [3.8, 4) is 11.5 Å². The van der Waals surface area contributed by atoms with E-state index in [-0.39, 0.29) is 0 Å². The summed E-state index contributed by atoms with van der Waals surface area (Å²) in [6, 6.07) is 13.9. The fraction of sp³-hybridized carbons (Fsp3) is 0.227. The predicted octanol–water partition coefficient (Wildman–Crippen LogP) is 4.24. The van der Waals surface area contributed by atoms with E-state index in [9.17, 15) is 0 Å². The molecule has 0 atom stereocenters. The predicted molar refractivity (Wildman–Crippen MR) is 114 cm³/mol. The lowest BCUT2D eigenvalue weighted by atomic mass is 10.1. The van der Waals surface area contributed by atoms with Gasteiger partial charge in [-0.3, -0.25) is 4.98 Å². The SMILES string of the molecule is Cc1cc(Oc2ccnc(Nc3cccc(CCc4nn[nH]n4)c3)c2)c(C)nc1C. The first-order valence-corrected chi connectivity index (χ1v) is 9.74. The molecule has 30 heavy (non-hydrogen) atoms. The van der Waals surface area contributed by atoms with E-state index in [1.807, 2.05) is 51.1 Å². The minimum Gasteiger partial charge on any atom is -0.455 e. The molecule has 0 bridgehead atoms. The third-order valence-corrected chi connectivity index (χ3v) is 4.80. The van der Waals surface area contributed by atoms with E-state index in [1.54, 1.807) is 6.20 Å². The number of nitrogens with zero attached hydrogens (tertiary/aromatic N) is 5. The molecule has 2 N–H and O–H groups in total. The van der Waals surface area contributed by atoms with Crippen LogP contribution in [-0.2, 0) is 12.8 Å². The number of rotatable bonds is 7. The van der Waals surface area contributed by atoms with Gasteiger partial charge in [0.25, 0.3) is 0 Å². The molecule has 0 amide bonds. The van der Waals surface area contributed by atoms with Gasteiger partial charge in [0.05, 0.1) is 5.69 Å². The molecule has 0 aliphatic heterocycles. The maximum Gasteiger partial charge on any atom is 0.174 e. The van der Waals surface area contributed by atoms with Crippen LogP contribution in [0.25, 0.3) is 0 Å². The monoisotopic (exact) mass is 401 g/mol. The number of aromatic nitrogens is 6. The first-order chi connectivity index (χ1) is 14.6. The number of ether oxygens (including phenoxy) is 1.